The van der Waals surface area contributed by atoms with Crippen molar-refractivity contribution in [2.45, 2.75) is 0 Å². The number of hydrogen-bond acceptors (Lipinski definition) is 3. The van der Waals surface area contributed by atoms with Gasteiger partial charge in [-0.2, -0.15) is 0 Å². The summed E-state index contributed by atoms with van der Waals surface area (Å²) in [4.78, 5) is 21.7. The van der Waals surface area contributed by atoms with E-state index in [-0.39, 0.29) is 11.4 Å². The van der Waals surface area contributed by atoms with Crippen LogP contribution in [0.15, 0.2) is 77.9 Å². The Morgan fingerprint density at radius 1 is 0.923 bits per heavy atom. The molecule has 2 aromatic heterocycles. The van der Waals surface area contributed by atoms with Crippen molar-refractivity contribution in [2.75, 3.05) is 0 Å². The van der Waals surface area contributed by atoms with Crippen LogP contribution in [-0.2, 0) is 0 Å². The van der Waals surface area contributed by atoms with Crippen molar-refractivity contribution in [3.05, 3.63) is 101 Å². The minimum absolute atomic E-state index is 0.201. The number of pyridine rings is 1. The summed E-state index contributed by atoms with van der Waals surface area (Å²) in [6, 6.07) is 16.7. The Morgan fingerprint density at radius 3 is 2.50 bits per heavy atom. The SMILES string of the molecule is O=c1c2ccccc2nc(/C=C\c2cccnc2)n1-c1ccc(F)cc1. The fraction of sp³-hybridized carbons (Fsp3) is 0. The topological polar surface area (TPSA) is 47.8 Å². The fourth-order valence-corrected chi connectivity index (χ4v) is 2.75. The number of aromatic nitrogens is 3. The van der Waals surface area contributed by atoms with Gasteiger partial charge in [-0.1, -0.05) is 18.2 Å². The third-order valence-electron chi connectivity index (χ3n) is 4.00. The first-order valence-electron chi connectivity index (χ1n) is 8.08. The molecule has 0 aliphatic rings. The molecule has 2 aromatic carbocycles. The van der Waals surface area contributed by atoms with Crippen LogP contribution in [0.3, 0.4) is 0 Å². The summed E-state index contributed by atoms with van der Waals surface area (Å²) < 4.78 is 14.8. The largest absolute Gasteiger partial charge is 0.268 e. The molecule has 0 radical (unpaired) electrons. The number of fused-ring (bicyclic) bond motifs is 1. The summed E-state index contributed by atoms with van der Waals surface area (Å²) in [5.74, 6) is 0.104. The molecule has 0 bridgehead atoms. The summed E-state index contributed by atoms with van der Waals surface area (Å²) >= 11 is 0. The van der Waals surface area contributed by atoms with Crippen LogP contribution in [0.5, 0.6) is 0 Å². The Kier molecular flexibility index (Phi) is 4.11. The van der Waals surface area contributed by atoms with Gasteiger partial charge in [0.15, 0.2) is 0 Å². The van der Waals surface area contributed by atoms with Crippen LogP contribution < -0.4 is 5.56 Å². The Labute approximate surface area is 148 Å². The zero-order chi connectivity index (χ0) is 17.9. The molecule has 2 heterocycles. The highest BCUT2D eigenvalue weighted by Gasteiger charge is 2.11. The van der Waals surface area contributed by atoms with Crippen LogP contribution in [0, 0.1) is 5.82 Å². The molecule has 0 unspecified atom stereocenters. The second-order valence-electron chi connectivity index (χ2n) is 5.72. The van der Waals surface area contributed by atoms with Crippen molar-refractivity contribution < 1.29 is 4.39 Å². The molecule has 4 rings (SSSR count). The molecule has 0 saturated heterocycles. The average Bonchev–Trinajstić information content (AvgIpc) is 2.68. The maximum absolute atomic E-state index is 13.3. The quantitative estimate of drug-likeness (QED) is 0.563. The van der Waals surface area contributed by atoms with E-state index in [4.69, 9.17) is 0 Å². The Hall–Kier alpha value is -3.60. The molecular formula is C21H14FN3O. The van der Waals surface area contributed by atoms with Crippen molar-refractivity contribution >= 4 is 23.1 Å². The molecule has 26 heavy (non-hydrogen) atoms. The summed E-state index contributed by atoms with van der Waals surface area (Å²) in [6.07, 6.45) is 7.01. The third kappa shape index (κ3) is 3.02. The van der Waals surface area contributed by atoms with Gasteiger partial charge in [0.05, 0.1) is 16.6 Å². The summed E-state index contributed by atoms with van der Waals surface area (Å²) in [6.45, 7) is 0. The zero-order valence-electron chi connectivity index (χ0n) is 13.7. The number of hydrogen-bond donors (Lipinski definition) is 0. The smallest absolute Gasteiger partial charge is 0.266 e. The monoisotopic (exact) mass is 343 g/mol. The minimum Gasteiger partial charge on any atom is -0.268 e. The number of benzene rings is 2. The summed E-state index contributed by atoms with van der Waals surface area (Å²) in [5, 5.41) is 0.510. The average molecular weight is 343 g/mol. The first kappa shape index (κ1) is 15.9. The highest BCUT2D eigenvalue weighted by atomic mass is 19.1. The van der Waals surface area contributed by atoms with Gasteiger partial charge < -0.3 is 0 Å². The van der Waals surface area contributed by atoms with E-state index < -0.39 is 0 Å². The molecule has 5 heteroatoms. The van der Waals surface area contributed by atoms with Crippen LogP contribution in [0.2, 0.25) is 0 Å². The Morgan fingerprint density at radius 2 is 1.73 bits per heavy atom. The second-order valence-corrected chi connectivity index (χ2v) is 5.72. The summed E-state index contributed by atoms with van der Waals surface area (Å²) in [7, 11) is 0. The molecule has 0 saturated carbocycles. The zero-order valence-corrected chi connectivity index (χ0v) is 13.7. The number of rotatable bonds is 3. The van der Waals surface area contributed by atoms with Crippen LogP contribution in [0.1, 0.15) is 11.4 Å². The number of para-hydroxylation sites is 1. The molecule has 0 aliphatic heterocycles. The molecule has 0 N–H and O–H groups in total. The molecule has 4 aromatic rings. The van der Waals surface area contributed by atoms with Gasteiger partial charge in [0.1, 0.15) is 11.6 Å². The van der Waals surface area contributed by atoms with Gasteiger partial charge in [0, 0.05) is 12.4 Å². The van der Waals surface area contributed by atoms with Crippen molar-refractivity contribution in [3.63, 3.8) is 0 Å². The van der Waals surface area contributed by atoms with Gasteiger partial charge in [-0.3, -0.25) is 14.3 Å². The minimum atomic E-state index is -0.358. The van der Waals surface area contributed by atoms with Crippen LogP contribution in [0.4, 0.5) is 4.39 Å². The third-order valence-corrected chi connectivity index (χ3v) is 4.00. The van der Waals surface area contributed by atoms with Gasteiger partial charge in [-0.15, -0.1) is 0 Å². The lowest BCUT2D eigenvalue weighted by Crippen LogP contribution is -2.22. The molecule has 0 amide bonds. The molecule has 0 atom stereocenters. The van der Waals surface area contributed by atoms with Gasteiger partial charge >= 0.3 is 0 Å². The van der Waals surface area contributed by atoms with E-state index in [0.29, 0.717) is 22.4 Å². The highest BCUT2D eigenvalue weighted by molar-refractivity contribution is 5.80. The molecule has 126 valence electrons. The van der Waals surface area contributed by atoms with Gasteiger partial charge in [-0.05, 0) is 60.2 Å². The van der Waals surface area contributed by atoms with Crippen molar-refractivity contribution in [1.29, 1.82) is 0 Å². The molecule has 4 nitrogen and oxygen atoms in total. The Balaban J connectivity index is 1.95. The highest BCUT2D eigenvalue weighted by Crippen LogP contribution is 2.15. The lowest BCUT2D eigenvalue weighted by atomic mass is 10.2. The molecule has 0 fully saturated rings. The van der Waals surface area contributed by atoms with Crippen molar-refractivity contribution in [2.24, 2.45) is 0 Å². The fourth-order valence-electron chi connectivity index (χ4n) is 2.75. The van der Waals surface area contributed by atoms with Crippen LogP contribution in [-0.4, -0.2) is 14.5 Å². The standard InChI is InChI=1S/C21H14FN3O/c22-16-8-10-17(11-9-16)25-20(12-7-15-4-3-13-23-14-15)24-19-6-2-1-5-18(19)21(25)26/h1-14H/b12-7-. The lowest BCUT2D eigenvalue weighted by molar-refractivity contribution is 0.627. The van der Waals surface area contributed by atoms with Gasteiger partial charge in [-0.25, -0.2) is 9.37 Å². The maximum atomic E-state index is 13.3. The number of nitrogens with zero attached hydrogens (tertiary/aromatic N) is 3. The van der Waals surface area contributed by atoms with Crippen LogP contribution in [0.25, 0.3) is 28.7 Å². The van der Waals surface area contributed by atoms with E-state index >= 15 is 0 Å². The van der Waals surface area contributed by atoms with Crippen molar-refractivity contribution in [1.82, 2.24) is 14.5 Å². The first-order valence-corrected chi connectivity index (χ1v) is 8.08. The van der Waals surface area contributed by atoms with Gasteiger partial charge in [0.2, 0.25) is 0 Å². The maximum Gasteiger partial charge on any atom is 0.266 e. The second kappa shape index (κ2) is 6.72. The Bertz CT molecular complexity index is 1150. The van der Waals surface area contributed by atoms with E-state index in [1.807, 2.05) is 24.3 Å². The summed E-state index contributed by atoms with van der Waals surface area (Å²) in [5.41, 5.74) is 1.86. The predicted octanol–water partition coefficient (Wildman–Crippen LogP) is 4.09. The van der Waals surface area contributed by atoms with Gasteiger partial charge in [0.25, 0.3) is 5.56 Å². The van der Waals surface area contributed by atoms with E-state index in [9.17, 15) is 9.18 Å². The van der Waals surface area contributed by atoms with E-state index in [1.54, 1.807) is 48.8 Å². The lowest BCUT2D eigenvalue weighted by Gasteiger charge is -2.11. The number of halogens is 1. The molecule has 0 spiro atoms. The van der Waals surface area contributed by atoms with E-state index in [2.05, 4.69) is 9.97 Å². The molecular weight excluding hydrogens is 329 g/mol. The van der Waals surface area contributed by atoms with E-state index in [1.165, 1.54) is 16.7 Å². The normalized spacial score (nSPS) is 11.3. The van der Waals surface area contributed by atoms with E-state index in [0.717, 1.165) is 5.56 Å². The van der Waals surface area contributed by atoms with Crippen molar-refractivity contribution in [3.8, 4) is 5.69 Å². The van der Waals surface area contributed by atoms with Crippen LogP contribution >= 0.6 is 0 Å². The first-order chi connectivity index (χ1) is 12.7. The molecule has 0 aliphatic carbocycles. The predicted molar refractivity (Wildman–Crippen MR) is 100 cm³/mol.